The Labute approximate surface area is 215 Å². The Balaban J connectivity index is 1.34. The molecule has 0 bridgehead atoms. The average Bonchev–Trinajstić information content (AvgIpc) is 3.24. The highest BCUT2D eigenvalue weighted by Gasteiger charge is 2.51. The molecule has 3 unspecified atom stereocenters. The Kier molecular flexibility index (Phi) is 6.98. The zero-order valence-corrected chi connectivity index (χ0v) is 21.5. The normalized spacial score (nSPS) is 27.5. The second-order valence-electron chi connectivity index (χ2n) is 9.88. The molecule has 1 aromatic carbocycles. The molecule has 3 N–H and O–H groups in total. The second kappa shape index (κ2) is 10.2. The highest BCUT2D eigenvalue weighted by Crippen LogP contribution is 2.48. The summed E-state index contributed by atoms with van der Waals surface area (Å²) in [5, 5.41) is 9.69. The van der Waals surface area contributed by atoms with Gasteiger partial charge in [-0.3, -0.25) is 14.5 Å². The monoisotopic (exact) mass is 511 g/mol. The van der Waals surface area contributed by atoms with Gasteiger partial charge in [0.15, 0.2) is 0 Å². The summed E-state index contributed by atoms with van der Waals surface area (Å²) in [7, 11) is 0. The summed E-state index contributed by atoms with van der Waals surface area (Å²) in [6, 6.07) is 7.20. The predicted molar refractivity (Wildman–Crippen MR) is 139 cm³/mol. The maximum Gasteiger partial charge on any atom is 0.326 e. The van der Waals surface area contributed by atoms with Gasteiger partial charge in [0.2, 0.25) is 5.91 Å². The zero-order valence-electron chi connectivity index (χ0n) is 20.7. The Morgan fingerprint density at radius 1 is 1.25 bits per heavy atom. The molecule has 0 radical (unpaired) electrons. The van der Waals surface area contributed by atoms with Crippen molar-refractivity contribution < 1.29 is 19.1 Å². The van der Waals surface area contributed by atoms with Crippen molar-refractivity contribution in [3.05, 3.63) is 47.5 Å². The van der Waals surface area contributed by atoms with Crippen LogP contribution in [0.25, 0.3) is 0 Å². The smallest absolute Gasteiger partial charge is 0.326 e. The van der Waals surface area contributed by atoms with Crippen LogP contribution in [0.3, 0.4) is 0 Å². The number of carbonyl (C=O) groups is 3. The number of rotatable bonds is 6. The molecule has 0 aliphatic carbocycles. The Morgan fingerprint density at radius 3 is 2.75 bits per heavy atom. The molecule has 0 saturated carbocycles. The van der Waals surface area contributed by atoms with E-state index >= 15 is 0 Å². The van der Waals surface area contributed by atoms with Crippen molar-refractivity contribution in [2.45, 2.75) is 56.7 Å². The number of ether oxygens (including phenoxy) is 1. The van der Waals surface area contributed by atoms with E-state index < -0.39 is 0 Å². The van der Waals surface area contributed by atoms with Crippen LogP contribution in [0, 0.1) is 5.92 Å². The molecular weight excluding hydrogens is 478 g/mol. The fourth-order valence-corrected chi connectivity index (χ4v) is 6.95. The summed E-state index contributed by atoms with van der Waals surface area (Å²) in [4.78, 5) is 42.8. The highest BCUT2D eigenvalue weighted by molar-refractivity contribution is 8.04. The molecule has 0 spiro atoms. The quantitative estimate of drug-likeness (QED) is 0.508. The molecule has 4 heterocycles. The van der Waals surface area contributed by atoms with Crippen molar-refractivity contribution >= 4 is 35.3 Å². The molecule has 4 atom stereocenters. The van der Waals surface area contributed by atoms with Gasteiger partial charge in [0.05, 0.1) is 22.4 Å². The Morgan fingerprint density at radius 2 is 2.03 bits per heavy atom. The summed E-state index contributed by atoms with van der Waals surface area (Å²) in [6.07, 6.45) is 3.81. The number of benzene rings is 1. The number of hydrogen-bond donors (Lipinski definition) is 3. The SMILES string of the molecule is C=CC(=O)N1CCC[C@@H](NC(=O)C2=C3NC(=O)N(c4ccc(OC(C)C)cc4)C4CCNC(S2)C34)C1. The minimum absolute atomic E-state index is 0.0105. The number of hydrogen-bond acceptors (Lipinski definition) is 6. The number of amides is 4. The number of nitrogens with zero attached hydrogens (tertiary/aromatic N) is 2. The van der Waals surface area contributed by atoms with Gasteiger partial charge in [-0.05, 0) is 70.0 Å². The van der Waals surface area contributed by atoms with Gasteiger partial charge in [0.1, 0.15) is 5.75 Å². The molecule has 1 aromatic rings. The van der Waals surface area contributed by atoms with Gasteiger partial charge < -0.3 is 25.6 Å². The van der Waals surface area contributed by atoms with E-state index in [1.54, 1.807) is 4.90 Å². The standard InChI is InChI=1S/C26H33N5O4S/c1-4-20(32)30-13-5-6-16(14-30)28-24(33)23-22-21-19(11-12-27-25(21)36-23)31(26(34)29-22)17-7-9-18(10-8-17)35-15(2)3/h4,7-10,15-16,19,21,25,27H,1,5-6,11-14H2,2-3H3,(H,28,33)(H,29,34)/t16-,19?,21?,25?/m1/s1. The van der Waals surface area contributed by atoms with E-state index in [-0.39, 0.29) is 47.3 Å². The van der Waals surface area contributed by atoms with Crippen molar-refractivity contribution in [1.29, 1.82) is 0 Å². The summed E-state index contributed by atoms with van der Waals surface area (Å²) < 4.78 is 5.75. The average molecular weight is 512 g/mol. The lowest BCUT2D eigenvalue weighted by atomic mass is 9.86. The first-order valence-electron chi connectivity index (χ1n) is 12.6. The lowest BCUT2D eigenvalue weighted by Gasteiger charge is -2.45. The lowest BCUT2D eigenvalue weighted by Crippen LogP contribution is -2.62. The summed E-state index contributed by atoms with van der Waals surface area (Å²) >= 11 is 1.49. The predicted octanol–water partition coefficient (Wildman–Crippen LogP) is 2.56. The molecule has 3 saturated heterocycles. The maximum absolute atomic E-state index is 13.4. The van der Waals surface area contributed by atoms with Crippen molar-refractivity contribution in [3.8, 4) is 5.75 Å². The lowest BCUT2D eigenvalue weighted by molar-refractivity contribution is -0.128. The summed E-state index contributed by atoms with van der Waals surface area (Å²) in [5.41, 5.74) is 1.51. The zero-order chi connectivity index (χ0) is 25.4. The fraction of sp³-hybridized carbons (Fsp3) is 0.500. The van der Waals surface area contributed by atoms with Gasteiger partial charge in [-0.2, -0.15) is 0 Å². The molecule has 10 heteroatoms. The van der Waals surface area contributed by atoms with Crippen molar-refractivity contribution in [3.63, 3.8) is 0 Å². The maximum atomic E-state index is 13.4. The van der Waals surface area contributed by atoms with Crippen molar-refractivity contribution in [1.82, 2.24) is 20.9 Å². The number of likely N-dealkylation sites (tertiary alicyclic amines) is 1. The van der Waals surface area contributed by atoms with Crippen LogP contribution in [0.15, 0.2) is 47.5 Å². The largest absolute Gasteiger partial charge is 0.491 e. The van der Waals surface area contributed by atoms with E-state index in [2.05, 4.69) is 22.5 Å². The van der Waals surface area contributed by atoms with Gasteiger partial charge in [-0.15, -0.1) is 0 Å². The molecule has 192 valence electrons. The molecule has 5 rings (SSSR count). The molecule has 36 heavy (non-hydrogen) atoms. The topological polar surface area (TPSA) is 103 Å². The number of carbonyl (C=O) groups excluding carboxylic acids is 3. The van der Waals surface area contributed by atoms with Crippen LogP contribution >= 0.6 is 11.8 Å². The molecular formula is C26H33N5O4S. The fourth-order valence-electron chi connectivity index (χ4n) is 5.56. The first-order chi connectivity index (χ1) is 17.4. The molecule has 4 aliphatic rings. The van der Waals surface area contributed by atoms with Gasteiger partial charge >= 0.3 is 6.03 Å². The van der Waals surface area contributed by atoms with Crippen LogP contribution in [0.1, 0.15) is 33.1 Å². The van der Waals surface area contributed by atoms with Gasteiger partial charge in [0.25, 0.3) is 5.91 Å². The van der Waals surface area contributed by atoms with Crippen LogP contribution in [0.2, 0.25) is 0 Å². The minimum atomic E-state index is -0.224. The number of nitrogens with one attached hydrogen (secondary N) is 3. The third-order valence-electron chi connectivity index (χ3n) is 7.08. The molecule has 4 aliphatic heterocycles. The highest BCUT2D eigenvalue weighted by atomic mass is 32.2. The Bertz CT molecular complexity index is 1090. The molecule has 0 aromatic heterocycles. The molecule has 9 nitrogen and oxygen atoms in total. The van der Waals surface area contributed by atoms with Crippen LogP contribution in [-0.2, 0) is 9.59 Å². The number of anilines is 1. The molecule has 3 fully saturated rings. The van der Waals surface area contributed by atoms with E-state index in [4.69, 9.17) is 4.74 Å². The number of thioether (sulfide) groups is 1. The van der Waals surface area contributed by atoms with Crippen molar-refractivity contribution in [2.75, 3.05) is 24.5 Å². The van der Waals surface area contributed by atoms with Crippen LogP contribution in [-0.4, -0.2) is 65.9 Å². The van der Waals surface area contributed by atoms with E-state index in [1.807, 2.05) is 43.0 Å². The number of piperidine rings is 2. The van der Waals surface area contributed by atoms with Gasteiger partial charge in [-0.1, -0.05) is 18.3 Å². The van der Waals surface area contributed by atoms with E-state index in [0.717, 1.165) is 37.2 Å². The minimum Gasteiger partial charge on any atom is -0.491 e. The third-order valence-corrected chi connectivity index (χ3v) is 8.43. The van der Waals surface area contributed by atoms with Crippen LogP contribution < -0.4 is 25.6 Å². The van der Waals surface area contributed by atoms with Crippen LogP contribution in [0.4, 0.5) is 10.5 Å². The Hall–Kier alpha value is -2.98. The van der Waals surface area contributed by atoms with Gasteiger partial charge in [0, 0.05) is 36.4 Å². The van der Waals surface area contributed by atoms with E-state index in [9.17, 15) is 14.4 Å². The second-order valence-corrected chi connectivity index (χ2v) is 11.0. The van der Waals surface area contributed by atoms with Crippen molar-refractivity contribution in [2.24, 2.45) is 5.92 Å². The molecule has 4 amide bonds. The van der Waals surface area contributed by atoms with Gasteiger partial charge in [-0.25, -0.2) is 4.79 Å². The summed E-state index contributed by atoms with van der Waals surface area (Å²) in [5.74, 6) is 0.444. The van der Waals surface area contributed by atoms with E-state index in [0.29, 0.717) is 23.7 Å². The van der Waals surface area contributed by atoms with E-state index in [1.165, 1.54) is 17.8 Å². The first-order valence-corrected chi connectivity index (χ1v) is 13.5. The summed E-state index contributed by atoms with van der Waals surface area (Å²) in [6.45, 7) is 9.42. The third kappa shape index (κ3) is 4.71. The van der Waals surface area contributed by atoms with Crippen LogP contribution in [0.5, 0.6) is 5.75 Å². The first kappa shape index (κ1) is 24.7. The number of urea groups is 1.